The first-order valence-electron chi connectivity index (χ1n) is 20.6. The third-order valence-corrected chi connectivity index (χ3v) is 16.1. The topological polar surface area (TPSA) is 219 Å². The molecule has 0 radical (unpaired) electrons. The molecule has 2 heterocycles. The highest BCUT2D eigenvalue weighted by atomic mass is 16.8. The SMILES string of the molecule is CC(C)=CC/C=C(/C)[C@H]1CC[C@]2(C)C1[C@H](O)CC1C3(C)C[C@@H](O)[C@H](OC4OC(CO)[C@@H](O)[C@H](O)[C@@H]4OC4OC(CO)[C@@H](O)[C@H](O)[C@@H]4O)C(C)(C)C3CC[C@]12C. The molecule has 55 heavy (non-hydrogen) atoms. The van der Waals surface area contributed by atoms with E-state index in [1.165, 1.54) is 11.1 Å². The second-order valence-electron chi connectivity index (χ2n) is 19.6. The lowest BCUT2D eigenvalue weighted by Crippen LogP contribution is -2.69. The van der Waals surface area contributed by atoms with Crippen molar-refractivity contribution in [1.82, 2.24) is 0 Å². The Kier molecular flexibility index (Phi) is 12.6. The van der Waals surface area contributed by atoms with E-state index in [9.17, 15) is 46.0 Å². The van der Waals surface area contributed by atoms with Gasteiger partial charge in [0.2, 0.25) is 0 Å². The van der Waals surface area contributed by atoms with Crippen molar-refractivity contribution in [1.29, 1.82) is 0 Å². The Morgan fingerprint density at radius 3 is 1.89 bits per heavy atom. The van der Waals surface area contributed by atoms with Crippen LogP contribution in [0.25, 0.3) is 0 Å². The molecule has 0 aromatic carbocycles. The summed E-state index contributed by atoms with van der Waals surface area (Å²) in [6, 6.07) is 0. The number of aliphatic hydroxyl groups is 9. The summed E-state index contributed by atoms with van der Waals surface area (Å²) < 4.78 is 24.1. The molecular formula is C42H70O13. The molecule has 316 valence electrons. The van der Waals surface area contributed by atoms with Crippen molar-refractivity contribution in [2.75, 3.05) is 13.2 Å². The van der Waals surface area contributed by atoms with Gasteiger partial charge in [-0.3, -0.25) is 0 Å². The van der Waals surface area contributed by atoms with E-state index in [0.29, 0.717) is 18.8 Å². The number of hydrogen-bond acceptors (Lipinski definition) is 13. The zero-order valence-corrected chi connectivity index (χ0v) is 34.0. The van der Waals surface area contributed by atoms with Gasteiger partial charge in [0.05, 0.1) is 31.5 Å². The fourth-order valence-electron chi connectivity index (χ4n) is 13.1. The molecule has 0 amide bonds. The van der Waals surface area contributed by atoms with Gasteiger partial charge in [-0.2, -0.15) is 0 Å². The molecule has 9 N–H and O–H groups in total. The van der Waals surface area contributed by atoms with Crippen molar-refractivity contribution in [2.24, 2.45) is 45.3 Å². The van der Waals surface area contributed by atoms with Gasteiger partial charge in [0.1, 0.15) is 48.8 Å². The van der Waals surface area contributed by atoms with E-state index in [1.54, 1.807) is 0 Å². The first kappa shape index (κ1) is 43.5. The van der Waals surface area contributed by atoms with Gasteiger partial charge in [0.25, 0.3) is 0 Å². The molecule has 6 rings (SSSR count). The third-order valence-electron chi connectivity index (χ3n) is 16.1. The molecule has 13 nitrogen and oxygen atoms in total. The minimum atomic E-state index is -1.79. The lowest BCUT2D eigenvalue weighted by Gasteiger charge is -2.71. The second-order valence-corrected chi connectivity index (χ2v) is 19.6. The Hall–Kier alpha value is -1.04. The summed E-state index contributed by atoms with van der Waals surface area (Å²) in [6.07, 6.45) is -7.67. The van der Waals surface area contributed by atoms with Gasteiger partial charge in [0.15, 0.2) is 12.6 Å². The summed E-state index contributed by atoms with van der Waals surface area (Å²) in [5, 5.41) is 97.6. The summed E-state index contributed by atoms with van der Waals surface area (Å²) in [7, 11) is 0. The normalized spacial score (nSPS) is 52.5. The van der Waals surface area contributed by atoms with E-state index in [1.807, 2.05) is 0 Å². The van der Waals surface area contributed by atoms with Gasteiger partial charge in [0, 0.05) is 0 Å². The van der Waals surface area contributed by atoms with Crippen LogP contribution in [-0.4, -0.2) is 139 Å². The first-order valence-corrected chi connectivity index (χ1v) is 20.6. The number of fused-ring (bicyclic) bond motifs is 5. The van der Waals surface area contributed by atoms with E-state index in [-0.39, 0.29) is 34.0 Å². The van der Waals surface area contributed by atoms with Crippen LogP contribution < -0.4 is 0 Å². The largest absolute Gasteiger partial charge is 0.394 e. The maximum atomic E-state index is 12.2. The van der Waals surface area contributed by atoms with Crippen molar-refractivity contribution in [3.63, 3.8) is 0 Å². The molecule has 0 aromatic rings. The van der Waals surface area contributed by atoms with Crippen LogP contribution in [0.1, 0.15) is 100 Å². The maximum Gasteiger partial charge on any atom is 0.187 e. The standard InChI is InChI=1S/C42H70O13/c1-20(2)10-9-11-21(3)22-12-14-42(8)29(22)23(45)16-28-40(6)17-24(46)36(39(4,5)27(40)13-15-41(28,42)7)55-38-35(33(50)31(48)26(19-44)53-38)54-37-34(51)32(49)30(47)25(18-43)52-37/h10-11,22-38,43-51H,9,12-19H2,1-8H3/b21-11-/t22-,23-,24-,25?,26?,27?,28?,29?,30-,31-,32+,33+,34+,35+,36+,37?,38?,40?,41-,42-/m1/s1. The van der Waals surface area contributed by atoms with E-state index in [4.69, 9.17) is 18.9 Å². The van der Waals surface area contributed by atoms with Crippen LogP contribution in [0.2, 0.25) is 0 Å². The van der Waals surface area contributed by atoms with Crippen molar-refractivity contribution in [3.8, 4) is 0 Å². The molecular weight excluding hydrogens is 712 g/mol. The molecule has 4 aliphatic carbocycles. The van der Waals surface area contributed by atoms with Gasteiger partial charge in [-0.1, -0.05) is 57.9 Å². The Morgan fingerprint density at radius 1 is 0.673 bits per heavy atom. The summed E-state index contributed by atoms with van der Waals surface area (Å²) in [4.78, 5) is 0. The molecule has 4 saturated carbocycles. The predicted molar refractivity (Wildman–Crippen MR) is 201 cm³/mol. The summed E-state index contributed by atoms with van der Waals surface area (Å²) >= 11 is 0. The summed E-state index contributed by atoms with van der Waals surface area (Å²) in [5.41, 5.74) is 1.45. The van der Waals surface area contributed by atoms with E-state index >= 15 is 0 Å². The molecule has 13 heteroatoms. The van der Waals surface area contributed by atoms with Crippen molar-refractivity contribution in [3.05, 3.63) is 23.3 Å². The van der Waals surface area contributed by atoms with Gasteiger partial charge in [-0.05, 0) is 111 Å². The average molecular weight is 783 g/mol. The van der Waals surface area contributed by atoms with Gasteiger partial charge in [-0.15, -0.1) is 0 Å². The Labute approximate surface area is 326 Å². The highest BCUT2D eigenvalue weighted by Gasteiger charge is 2.71. The number of rotatable bonds is 9. The lowest BCUT2D eigenvalue weighted by atomic mass is 9.35. The lowest BCUT2D eigenvalue weighted by molar-refractivity contribution is -0.383. The molecule has 0 aromatic heterocycles. The van der Waals surface area contributed by atoms with Crippen LogP contribution in [0.5, 0.6) is 0 Å². The Bertz CT molecular complexity index is 1420. The van der Waals surface area contributed by atoms with Crippen LogP contribution in [0.4, 0.5) is 0 Å². The number of aliphatic hydroxyl groups excluding tert-OH is 9. The second kappa shape index (κ2) is 15.9. The zero-order valence-electron chi connectivity index (χ0n) is 34.0. The highest BCUT2D eigenvalue weighted by molar-refractivity contribution is 5.23. The zero-order chi connectivity index (χ0) is 40.6. The van der Waals surface area contributed by atoms with Crippen molar-refractivity contribution in [2.45, 2.75) is 180 Å². The monoisotopic (exact) mass is 782 g/mol. The summed E-state index contributed by atoms with van der Waals surface area (Å²) in [6.45, 7) is 16.3. The van der Waals surface area contributed by atoms with Gasteiger partial charge < -0.3 is 64.9 Å². The molecule has 2 aliphatic heterocycles. The van der Waals surface area contributed by atoms with E-state index < -0.39 is 98.4 Å². The number of allylic oxidation sites excluding steroid dienone is 4. The molecule has 2 saturated heterocycles. The highest BCUT2D eigenvalue weighted by Crippen LogP contribution is 2.75. The molecule has 20 atom stereocenters. The number of hydrogen-bond donors (Lipinski definition) is 9. The van der Waals surface area contributed by atoms with Crippen LogP contribution in [0.15, 0.2) is 23.3 Å². The van der Waals surface area contributed by atoms with Crippen molar-refractivity contribution < 1.29 is 64.9 Å². The minimum absolute atomic E-state index is 0.0549. The molecule has 8 unspecified atom stereocenters. The van der Waals surface area contributed by atoms with Crippen molar-refractivity contribution >= 4 is 0 Å². The molecule has 0 spiro atoms. The van der Waals surface area contributed by atoms with Crippen LogP contribution in [0, 0.1) is 45.3 Å². The average Bonchev–Trinajstić information content (AvgIpc) is 3.49. The maximum absolute atomic E-state index is 12.2. The fourth-order valence-corrected chi connectivity index (χ4v) is 13.1. The van der Waals surface area contributed by atoms with Gasteiger partial charge in [-0.25, -0.2) is 0 Å². The van der Waals surface area contributed by atoms with E-state index in [0.717, 1.165) is 32.1 Å². The Morgan fingerprint density at radius 2 is 1.27 bits per heavy atom. The van der Waals surface area contributed by atoms with Crippen LogP contribution >= 0.6 is 0 Å². The third kappa shape index (κ3) is 7.12. The minimum Gasteiger partial charge on any atom is -0.394 e. The van der Waals surface area contributed by atoms with E-state index in [2.05, 4.69) is 67.5 Å². The summed E-state index contributed by atoms with van der Waals surface area (Å²) in [5.74, 6) is 0.659. The molecule has 6 aliphatic rings. The molecule has 6 fully saturated rings. The van der Waals surface area contributed by atoms with Crippen LogP contribution in [-0.2, 0) is 18.9 Å². The predicted octanol–water partition coefficient (Wildman–Crippen LogP) is 1.93. The van der Waals surface area contributed by atoms with Crippen LogP contribution in [0.3, 0.4) is 0 Å². The van der Waals surface area contributed by atoms with Gasteiger partial charge >= 0.3 is 0 Å². The smallest absolute Gasteiger partial charge is 0.187 e. The number of ether oxygens (including phenoxy) is 4. The Balaban J connectivity index is 1.26. The quantitative estimate of drug-likeness (QED) is 0.121. The fraction of sp³-hybridized carbons (Fsp3) is 0.905. The molecule has 0 bridgehead atoms. The first-order chi connectivity index (χ1) is 25.7.